The molecule has 0 aliphatic carbocycles. The van der Waals surface area contributed by atoms with Crippen LogP contribution in [-0.4, -0.2) is 50.1 Å². The molecule has 5 rings (SSSR count). The molecular weight excluding hydrogens is 314 g/mol. The number of nitrogens with zero attached hydrogens (tertiary/aromatic N) is 2. The summed E-state index contributed by atoms with van der Waals surface area (Å²) in [6.07, 6.45) is 2.58. The number of benzene rings is 1. The predicted octanol–water partition coefficient (Wildman–Crippen LogP) is 1.88. The van der Waals surface area contributed by atoms with E-state index >= 15 is 0 Å². The number of hydrogen-bond acceptors (Lipinski definition) is 4. The number of amides is 1. The molecule has 5 nitrogen and oxygen atoms in total. The highest BCUT2D eigenvalue weighted by molar-refractivity contribution is 6.31. The topological polar surface area (TPSA) is 44.8 Å². The lowest BCUT2D eigenvalue weighted by Crippen LogP contribution is -2.55. The van der Waals surface area contributed by atoms with Crippen LogP contribution in [0.1, 0.15) is 18.4 Å². The molecule has 1 amide bonds. The highest BCUT2D eigenvalue weighted by Gasteiger charge is 2.34. The van der Waals surface area contributed by atoms with Crippen molar-refractivity contribution in [2.45, 2.75) is 25.4 Å². The standard InChI is InChI=1S/C17H22ClN3O2/c1-20-15-7-13(18)6-12(17(15)23-10-16(20)22)8-19-14-9-21-4-2-11(14)3-5-21/h6-7,11,14,19H,2-5,8-10H2,1H3/t14-/m0/s1. The molecular formula is C17H22ClN3O2. The number of nitrogens with one attached hydrogen (secondary N) is 1. The van der Waals surface area contributed by atoms with E-state index in [9.17, 15) is 4.79 Å². The molecule has 1 N–H and O–H groups in total. The molecule has 4 aliphatic rings. The number of piperidine rings is 3. The van der Waals surface area contributed by atoms with E-state index in [0.717, 1.165) is 36.0 Å². The van der Waals surface area contributed by atoms with Crippen LogP contribution in [0, 0.1) is 5.92 Å². The van der Waals surface area contributed by atoms with Crippen LogP contribution in [0.4, 0.5) is 5.69 Å². The van der Waals surface area contributed by atoms with E-state index in [-0.39, 0.29) is 12.5 Å². The molecule has 3 fully saturated rings. The summed E-state index contributed by atoms with van der Waals surface area (Å²) in [7, 11) is 1.77. The van der Waals surface area contributed by atoms with Crippen molar-refractivity contribution in [2.24, 2.45) is 5.92 Å². The lowest BCUT2D eigenvalue weighted by Gasteiger charge is -2.45. The number of fused-ring (bicyclic) bond motifs is 4. The molecule has 4 heterocycles. The maximum atomic E-state index is 11.8. The van der Waals surface area contributed by atoms with Crippen LogP contribution in [0.25, 0.3) is 0 Å². The van der Waals surface area contributed by atoms with Crippen LogP contribution in [0.2, 0.25) is 5.02 Å². The van der Waals surface area contributed by atoms with Crippen LogP contribution < -0.4 is 15.0 Å². The number of rotatable bonds is 3. The third kappa shape index (κ3) is 2.82. The SMILES string of the molecule is CN1C(=O)COc2c(CN[C@H]3CN4CCC3CC4)cc(Cl)cc21. The Morgan fingerprint density at radius 2 is 2.13 bits per heavy atom. The minimum atomic E-state index is -0.0453. The first kappa shape index (κ1) is 15.2. The van der Waals surface area contributed by atoms with E-state index in [1.54, 1.807) is 18.0 Å². The van der Waals surface area contributed by atoms with Crippen molar-refractivity contribution in [1.29, 1.82) is 0 Å². The van der Waals surface area contributed by atoms with Gasteiger partial charge in [-0.05, 0) is 44.0 Å². The van der Waals surface area contributed by atoms with Gasteiger partial charge in [0.25, 0.3) is 5.91 Å². The Morgan fingerprint density at radius 3 is 2.83 bits per heavy atom. The quantitative estimate of drug-likeness (QED) is 0.916. The second-order valence-corrected chi connectivity index (χ2v) is 7.22. The number of carbonyl (C=O) groups is 1. The fourth-order valence-electron chi connectivity index (χ4n) is 3.98. The van der Waals surface area contributed by atoms with Gasteiger partial charge in [0.1, 0.15) is 5.75 Å². The van der Waals surface area contributed by atoms with Crippen molar-refractivity contribution in [1.82, 2.24) is 10.2 Å². The van der Waals surface area contributed by atoms with Crippen molar-refractivity contribution in [3.8, 4) is 5.75 Å². The van der Waals surface area contributed by atoms with Gasteiger partial charge in [-0.15, -0.1) is 0 Å². The Hall–Kier alpha value is -1.30. The summed E-state index contributed by atoms with van der Waals surface area (Å²) in [5.41, 5.74) is 1.79. The first-order chi connectivity index (χ1) is 11.1. The molecule has 0 spiro atoms. The molecule has 6 heteroatoms. The van der Waals surface area contributed by atoms with Crippen LogP contribution in [0.5, 0.6) is 5.75 Å². The third-order valence-electron chi connectivity index (χ3n) is 5.40. The molecule has 3 saturated heterocycles. The zero-order valence-corrected chi connectivity index (χ0v) is 14.1. The predicted molar refractivity (Wildman–Crippen MR) is 90.1 cm³/mol. The van der Waals surface area contributed by atoms with Crippen molar-refractivity contribution in [2.75, 3.05) is 38.2 Å². The Morgan fingerprint density at radius 1 is 1.35 bits per heavy atom. The Bertz CT molecular complexity index is 629. The second kappa shape index (κ2) is 5.96. The number of anilines is 1. The Kier molecular flexibility index (Phi) is 3.95. The largest absolute Gasteiger partial charge is 0.481 e. The van der Waals surface area contributed by atoms with E-state index < -0.39 is 0 Å². The molecule has 2 bridgehead atoms. The minimum Gasteiger partial charge on any atom is -0.481 e. The lowest BCUT2D eigenvalue weighted by atomic mass is 9.84. The van der Waals surface area contributed by atoms with Crippen LogP contribution in [-0.2, 0) is 11.3 Å². The van der Waals surface area contributed by atoms with E-state index in [1.807, 2.05) is 6.07 Å². The normalized spacial score (nSPS) is 29.4. The van der Waals surface area contributed by atoms with Crippen LogP contribution >= 0.6 is 11.6 Å². The maximum absolute atomic E-state index is 11.8. The molecule has 23 heavy (non-hydrogen) atoms. The smallest absolute Gasteiger partial charge is 0.264 e. The number of likely N-dealkylation sites (N-methyl/N-ethyl adjacent to an activating group) is 1. The molecule has 1 aromatic carbocycles. The van der Waals surface area contributed by atoms with Gasteiger partial charge in [-0.2, -0.15) is 0 Å². The minimum absolute atomic E-state index is 0.0453. The van der Waals surface area contributed by atoms with Gasteiger partial charge in [0.05, 0.1) is 5.69 Å². The van der Waals surface area contributed by atoms with E-state index in [0.29, 0.717) is 11.1 Å². The van der Waals surface area contributed by atoms with E-state index in [4.69, 9.17) is 16.3 Å². The number of ether oxygens (including phenoxy) is 1. The van der Waals surface area contributed by atoms with E-state index in [1.165, 1.54) is 25.9 Å². The molecule has 124 valence electrons. The van der Waals surface area contributed by atoms with Gasteiger partial charge in [-0.3, -0.25) is 4.79 Å². The second-order valence-electron chi connectivity index (χ2n) is 6.78. The third-order valence-corrected chi connectivity index (χ3v) is 5.62. The highest BCUT2D eigenvalue weighted by Crippen LogP contribution is 2.38. The van der Waals surface area contributed by atoms with Gasteiger partial charge >= 0.3 is 0 Å². The summed E-state index contributed by atoms with van der Waals surface area (Å²) in [6, 6.07) is 4.28. The van der Waals surface area contributed by atoms with Crippen molar-refractivity contribution >= 4 is 23.2 Å². The first-order valence-corrected chi connectivity index (χ1v) is 8.67. The molecule has 1 atom stereocenters. The number of carbonyl (C=O) groups excluding carboxylic acids is 1. The van der Waals surface area contributed by atoms with Crippen molar-refractivity contribution in [3.05, 3.63) is 22.7 Å². The van der Waals surface area contributed by atoms with Crippen LogP contribution in [0.15, 0.2) is 12.1 Å². The number of hydrogen-bond donors (Lipinski definition) is 1. The summed E-state index contributed by atoms with van der Waals surface area (Å²) in [5, 5.41) is 4.33. The van der Waals surface area contributed by atoms with E-state index in [2.05, 4.69) is 10.2 Å². The lowest BCUT2D eigenvalue weighted by molar-refractivity contribution is -0.121. The monoisotopic (exact) mass is 335 g/mol. The summed E-state index contributed by atoms with van der Waals surface area (Å²) in [4.78, 5) is 16.0. The van der Waals surface area contributed by atoms with Gasteiger partial charge in [0.15, 0.2) is 6.61 Å². The van der Waals surface area contributed by atoms with Gasteiger partial charge < -0.3 is 19.9 Å². The average Bonchev–Trinajstić information content (AvgIpc) is 2.57. The summed E-state index contributed by atoms with van der Waals surface area (Å²) >= 11 is 6.25. The average molecular weight is 336 g/mol. The summed E-state index contributed by atoms with van der Waals surface area (Å²) in [6.45, 7) is 4.43. The van der Waals surface area contributed by atoms with Gasteiger partial charge in [-0.25, -0.2) is 0 Å². The van der Waals surface area contributed by atoms with Gasteiger partial charge in [-0.1, -0.05) is 11.6 Å². The Labute approximate surface area is 141 Å². The molecule has 1 aromatic rings. The Balaban J connectivity index is 1.53. The fraction of sp³-hybridized carbons (Fsp3) is 0.588. The van der Waals surface area contributed by atoms with Crippen molar-refractivity contribution in [3.63, 3.8) is 0 Å². The van der Waals surface area contributed by atoms with Gasteiger partial charge in [0.2, 0.25) is 0 Å². The molecule has 0 saturated carbocycles. The summed E-state index contributed by atoms with van der Waals surface area (Å²) in [5.74, 6) is 1.52. The molecule has 4 aliphatic heterocycles. The van der Waals surface area contributed by atoms with Crippen molar-refractivity contribution < 1.29 is 9.53 Å². The maximum Gasteiger partial charge on any atom is 0.264 e. The van der Waals surface area contributed by atoms with Gasteiger partial charge in [0, 0.05) is 36.8 Å². The molecule has 0 unspecified atom stereocenters. The molecule has 0 radical (unpaired) electrons. The van der Waals surface area contributed by atoms with Crippen LogP contribution in [0.3, 0.4) is 0 Å². The first-order valence-electron chi connectivity index (χ1n) is 8.29. The fourth-order valence-corrected chi connectivity index (χ4v) is 4.22. The molecule has 0 aromatic heterocycles. The zero-order valence-electron chi connectivity index (χ0n) is 13.3. The number of halogens is 1. The zero-order chi connectivity index (χ0) is 16.0. The summed E-state index contributed by atoms with van der Waals surface area (Å²) < 4.78 is 5.69. The highest BCUT2D eigenvalue weighted by atomic mass is 35.5.